The lowest BCUT2D eigenvalue weighted by Crippen LogP contribution is -2.53. The summed E-state index contributed by atoms with van der Waals surface area (Å²) in [6.45, 7) is 6.03. The highest BCUT2D eigenvalue weighted by atomic mass is 16.5. The first-order chi connectivity index (χ1) is 10.2. The van der Waals surface area contributed by atoms with E-state index in [1.165, 1.54) is 0 Å². The highest BCUT2D eigenvalue weighted by Gasteiger charge is 2.45. The van der Waals surface area contributed by atoms with Gasteiger partial charge in [0.15, 0.2) is 0 Å². The molecule has 3 atom stereocenters. The van der Waals surface area contributed by atoms with Gasteiger partial charge in [-0.3, -0.25) is 4.79 Å². The first-order valence-electron chi connectivity index (χ1n) is 7.85. The number of benzene rings is 1. The number of ether oxygens (including phenoxy) is 1. The zero-order valence-electron chi connectivity index (χ0n) is 12.9. The number of nitrogens with zero attached hydrogens (tertiary/aromatic N) is 2. The third-order valence-electron chi connectivity index (χ3n) is 4.97. The van der Waals surface area contributed by atoms with Crippen LogP contribution in [0.1, 0.15) is 23.7 Å². The van der Waals surface area contributed by atoms with E-state index in [0.29, 0.717) is 5.92 Å². The molecule has 0 bridgehead atoms. The van der Waals surface area contributed by atoms with Gasteiger partial charge in [0.1, 0.15) is 0 Å². The van der Waals surface area contributed by atoms with Crippen molar-refractivity contribution in [1.82, 2.24) is 9.80 Å². The van der Waals surface area contributed by atoms with E-state index in [1.807, 2.05) is 30.3 Å². The number of carbonyl (C=O) groups excluding carboxylic acids is 1. The Hall–Kier alpha value is -1.39. The maximum Gasteiger partial charge on any atom is 0.254 e. The van der Waals surface area contributed by atoms with Crippen LogP contribution in [0.15, 0.2) is 30.3 Å². The number of carbonyl (C=O) groups is 1. The maximum absolute atomic E-state index is 12.8. The zero-order chi connectivity index (χ0) is 14.8. The molecule has 2 saturated heterocycles. The van der Waals surface area contributed by atoms with E-state index in [0.717, 1.165) is 38.2 Å². The van der Waals surface area contributed by atoms with Gasteiger partial charge >= 0.3 is 0 Å². The summed E-state index contributed by atoms with van der Waals surface area (Å²) in [5, 5.41) is 0. The van der Waals surface area contributed by atoms with Gasteiger partial charge in [-0.2, -0.15) is 0 Å². The molecule has 1 aromatic rings. The van der Waals surface area contributed by atoms with Crippen LogP contribution < -0.4 is 0 Å². The van der Waals surface area contributed by atoms with Gasteiger partial charge in [-0.1, -0.05) is 25.1 Å². The van der Waals surface area contributed by atoms with Gasteiger partial charge in [-0.15, -0.1) is 0 Å². The van der Waals surface area contributed by atoms with Crippen molar-refractivity contribution in [3.63, 3.8) is 0 Å². The number of likely N-dealkylation sites (tertiary alicyclic amines) is 2. The van der Waals surface area contributed by atoms with Crippen LogP contribution in [-0.2, 0) is 4.74 Å². The van der Waals surface area contributed by atoms with E-state index in [9.17, 15) is 4.79 Å². The van der Waals surface area contributed by atoms with Crippen molar-refractivity contribution in [2.75, 3.05) is 33.3 Å². The summed E-state index contributed by atoms with van der Waals surface area (Å²) in [7, 11) is 1.80. The second-order valence-electron chi connectivity index (χ2n) is 6.01. The van der Waals surface area contributed by atoms with Crippen LogP contribution in [0.4, 0.5) is 0 Å². The maximum atomic E-state index is 12.8. The molecule has 2 fully saturated rings. The summed E-state index contributed by atoms with van der Waals surface area (Å²) in [5.74, 6) is 0.606. The smallest absolute Gasteiger partial charge is 0.254 e. The summed E-state index contributed by atoms with van der Waals surface area (Å²) in [5.41, 5.74) is 0.794. The minimum absolute atomic E-state index is 0.165. The molecule has 1 aromatic carbocycles. The van der Waals surface area contributed by atoms with E-state index >= 15 is 0 Å². The Morgan fingerprint density at radius 1 is 1.29 bits per heavy atom. The molecule has 21 heavy (non-hydrogen) atoms. The minimum Gasteiger partial charge on any atom is -0.381 e. The third-order valence-corrected chi connectivity index (χ3v) is 4.97. The van der Waals surface area contributed by atoms with E-state index in [-0.39, 0.29) is 18.1 Å². The molecule has 2 aliphatic rings. The lowest BCUT2D eigenvalue weighted by Gasteiger charge is -2.41. The standard InChI is InChI=1S/C17H24N2O2/c1-3-18-11-14-15(12-18)19(10-9-16(14)21-2)17(20)13-7-5-4-6-8-13/h4-8,14-16H,3,9-12H2,1-2H3/t14-,15+,16-/m1/s1. The van der Waals surface area contributed by atoms with E-state index < -0.39 is 0 Å². The Bertz CT molecular complexity index is 491. The average molecular weight is 288 g/mol. The molecule has 3 rings (SSSR count). The van der Waals surface area contributed by atoms with Crippen LogP contribution in [0.3, 0.4) is 0 Å². The van der Waals surface area contributed by atoms with Gasteiger partial charge in [-0.05, 0) is 25.1 Å². The number of hydrogen-bond donors (Lipinski definition) is 0. The number of amides is 1. The van der Waals surface area contributed by atoms with Gasteiger partial charge in [0.05, 0.1) is 12.1 Å². The molecule has 0 N–H and O–H groups in total. The molecular weight excluding hydrogens is 264 g/mol. The summed E-state index contributed by atoms with van der Waals surface area (Å²) in [6.07, 6.45) is 1.22. The Labute approximate surface area is 126 Å². The van der Waals surface area contributed by atoms with Gasteiger partial charge < -0.3 is 14.5 Å². The first-order valence-corrected chi connectivity index (χ1v) is 7.85. The van der Waals surface area contributed by atoms with Gasteiger partial charge in [0.2, 0.25) is 0 Å². The summed E-state index contributed by atoms with van der Waals surface area (Å²) >= 11 is 0. The van der Waals surface area contributed by atoms with E-state index in [2.05, 4.69) is 16.7 Å². The first kappa shape index (κ1) is 14.5. The van der Waals surface area contributed by atoms with Crippen molar-refractivity contribution < 1.29 is 9.53 Å². The zero-order valence-corrected chi connectivity index (χ0v) is 12.9. The fourth-order valence-corrected chi connectivity index (χ4v) is 3.79. The van der Waals surface area contributed by atoms with Crippen molar-refractivity contribution in [2.45, 2.75) is 25.5 Å². The van der Waals surface area contributed by atoms with Crippen LogP contribution >= 0.6 is 0 Å². The van der Waals surface area contributed by atoms with E-state index in [4.69, 9.17) is 4.74 Å². The number of hydrogen-bond acceptors (Lipinski definition) is 3. The SMILES string of the molecule is CCN1C[C@H]2[C@H](OC)CCN(C(=O)c3ccccc3)[C@H]2C1. The lowest BCUT2D eigenvalue weighted by atomic mass is 9.88. The van der Waals surface area contributed by atoms with Crippen LogP contribution in [0, 0.1) is 5.92 Å². The van der Waals surface area contributed by atoms with E-state index in [1.54, 1.807) is 7.11 Å². The highest BCUT2D eigenvalue weighted by Crippen LogP contribution is 2.33. The van der Waals surface area contributed by atoms with Gasteiger partial charge in [0, 0.05) is 38.2 Å². The molecule has 0 saturated carbocycles. The van der Waals surface area contributed by atoms with Crippen molar-refractivity contribution in [2.24, 2.45) is 5.92 Å². The molecule has 4 nitrogen and oxygen atoms in total. The summed E-state index contributed by atoms with van der Waals surface area (Å²) < 4.78 is 5.67. The van der Waals surface area contributed by atoms with Crippen LogP contribution in [0.25, 0.3) is 0 Å². The molecule has 2 heterocycles. The normalized spacial score (nSPS) is 29.4. The Morgan fingerprint density at radius 2 is 2.05 bits per heavy atom. The second kappa shape index (κ2) is 6.16. The molecule has 0 unspecified atom stereocenters. The second-order valence-corrected chi connectivity index (χ2v) is 6.01. The summed E-state index contributed by atoms with van der Waals surface area (Å²) in [6, 6.07) is 9.92. The Morgan fingerprint density at radius 3 is 2.71 bits per heavy atom. The van der Waals surface area contributed by atoms with Crippen molar-refractivity contribution in [1.29, 1.82) is 0 Å². The highest BCUT2D eigenvalue weighted by molar-refractivity contribution is 5.94. The number of rotatable bonds is 3. The molecule has 0 aromatic heterocycles. The largest absolute Gasteiger partial charge is 0.381 e. The third kappa shape index (κ3) is 2.70. The van der Waals surface area contributed by atoms with Crippen molar-refractivity contribution in [3.05, 3.63) is 35.9 Å². The van der Waals surface area contributed by atoms with Crippen molar-refractivity contribution >= 4 is 5.91 Å². The number of methoxy groups -OCH3 is 1. The fourth-order valence-electron chi connectivity index (χ4n) is 3.79. The topological polar surface area (TPSA) is 32.8 Å². The Balaban J connectivity index is 1.81. The van der Waals surface area contributed by atoms with Crippen LogP contribution in [0.2, 0.25) is 0 Å². The quantitative estimate of drug-likeness (QED) is 0.851. The fraction of sp³-hybridized carbons (Fsp3) is 0.588. The molecule has 1 amide bonds. The minimum atomic E-state index is 0.165. The lowest BCUT2D eigenvalue weighted by molar-refractivity contribution is -0.0156. The predicted molar refractivity (Wildman–Crippen MR) is 82.3 cm³/mol. The molecule has 0 aliphatic carbocycles. The molecule has 0 radical (unpaired) electrons. The van der Waals surface area contributed by atoms with Gasteiger partial charge in [0.25, 0.3) is 5.91 Å². The number of fused-ring (bicyclic) bond motifs is 1. The number of piperidine rings is 1. The molecule has 0 spiro atoms. The molecular formula is C17H24N2O2. The summed E-state index contributed by atoms with van der Waals surface area (Å²) in [4.78, 5) is 17.3. The van der Waals surface area contributed by atoms with Crippen molar-refractivity contribution in [3.8, 4) is 0 Å². The van der Waals surface area contributed by atoms with Crippen LogP contribution in [-0.4, -0.2) is 61.1 Å². The van der Waals surface area contributed by atoms with Crippen LogP contribution in [0.5, 0.6) is 0 Å². The predicted octanol–water partition coefficient (Wildman–Crippen LogP) is 1.87. The average Bonchev–Trinajstić information content (AvgIpc) is 2.98. The molecule has 4 heteroatoms. The molecule has 114 valence electrons. The molecule has 2 aliphatic heterocycles. The van der Waals surface area contributed by atoms with Gasteiger partial charge in [-0.25, -0.2) is 0 Å². The number of likely N-dealkylation sites (N-methyl/N-ethyl adjacent to an activating group) is 1. The Kier molecular flexibility index (Phi) is 4.27. The monoisotopic (exact) mass is 288 g/mol.